The Labute approximate surface area is 150 Å². The third-order valence-electron chi connectivity index (χ3n) is 3.86. The molecule has 2 N–H and O–H groups in total. The Bertz CT molecular complexity index is 937. The summed E-state index contributed by atoms with van der Waals surface area (Å²) in [5, 5.41) is 13.9. The highest BCUT2D eigenvalue weighted by Crippen LogP contribution is 2.25. The van der Waals surface area contributed by atoms with Crippen molar-refractivity contribution in [2.75, 3.05) is 4.72 Å². The van der Waals surface area contributed by atoms with Gasteiger partial charge in [0.2, 0.25) is 5.91 Å². The average molecular weight is 375 g/mol. The number of sulfonamides is 1. The largest absolute Gasteiger partial charge is 0.353 e. The van der Waals surface area contributed by atoms with Gasteiger partial charge in [0.15, 0.2) is 4.90 Å². The summed E-state index contributed by atoms with van der Waals surface area (Å²) in [6.07, 6.45) is 2.24. The zero-order chi connectivity index (χ0) is 18.7. The van der Waals surface area contributed by atoms with Gasteiger partial charge in [-0.2, -0.15) is 0 Å². The van der Waals surface area contributed by atoms with E-state index in [4.69, 9.17) is 0 Å². The number of nitrogens with one attached hydrogen (secondary N) is 2. The maximum absolute atomic E-state index is 12.4. The highest BCUT2D eigenvalue weighted by Gasteiger charge is 2.25. The fourth-order valence-electron chi connectivity index (χ4n) is 2.43. The first-order chi connectivity index (χ1) is 12.3. The van der Waals surface area contributed by atoms with Crippen molar-refractivity contribution in [3.05, 3.63) is 64.2 Å². The first-order valence-corrected chi connectivity index (χ1v) is 9.48. The van der Waals surface area contributed by atoms with Gasteiger partial charge in [0.1, 0.15) is 0 Å². The zero-order valence-electron chi connectivity index (χ0n) is 13.7. The van der Waals surface area contributed by atoms with Gasteiger partial charge in [-0.05, 0) is 36.6 Å². The Morgan fingerprint density at radius 3 is 2.38 bits per heavy atom. The number of anilines is 1. The minimum absolute atomic E-state index is 0.0688. The fraction of sp³-hybridized carbons (Fsp3) is 0.235. The van der Waals surface area contributed by atoms with Gasteiger partial charge in [-0.1, -0.05) is 24.3 Å². The SMILES string of the molecule is O=C(Cc1ccc(NS(=O)(=O)c2ccccc2[N+](=O)[O-])cc1)NC1CC1. The van der Waals surface area contributed by atoms with Crippen molar-refractivity contribution < 1.29 is 18.1 Å². The van der Waals surface area contributed by atoms with Crippen LogP contribution in [0.4, 0.5) is 11.4 Å². The summed E-state index contributed by atoms with van der Waals surface area (Å²) in [4.78, 5) is 21.7. The van der Waals surface area contributed by atoms with Gasteiger partial charge in [-0.3, -0.25) is 19.6 Å². The number of amides is 1. The second kappa shape index (κ2) is 7.12. The van der Waals surface area contributed by atoms with Crippen LogP contribution in [0, 0.1) is 10.1 Å². The first kappa shape index (κ1) is 17.9. The normalized spacial score (nSPS) is 13.8. The summed E-state index contributed by atoms with van der Waals surface area (Å²) in [5.74, 6) is -0.0688. The molecule has 1 saturated carbocycles. The van der Waals surface area contributed by atoms with Crippen LogP contribution in [0.5, 0.6) is 0 Å². The summed E-state index contributed by atoms with van der Waals surface area (Å²) in [5.41, 5.74) is 0.514. The van der Waals surface area contributed by atoms with Gasteiger partial charge in [-0.15, -0.1) is 0 Å². The summed E-state index contributed by atoms with van der Waals surface area (Å²) >= 11 is 0. The Morgan fingerprint density at radius 1 is 1.12 bits per heavy atom. The number of benzene rings is 2. The van der Waals surface area contributed by atoms with Gasteiger partial charge in [-0.25, -0.2) is 8.42 Å². The smallest absolute Gasteiger partial charge is 0.289 e. The van der Waals surface area contributed by atoms with Crippen LogP contribution in [0.15, 0.2) is 53.4 Å². The number of hydrogen-bond donors (Lipinski definition) is 2. The summed E-state index contributed by atoms with van der Waals surface area (Å²) < 4.78 is 27.2. The lowest BCUT2D eigenvalue weighted by Gasteiger charge is -2.09. The molecular weight excluding hydrogens is 358 g/mol. The van der Waals surface area contributed by atoms with Crippen molar-refractivity contribution in [2.24, 2.45) is 0 Å². The van der Waals surface area contributed by atoms with Crippen molar-refractivity contribution in [1.29, 1.82) is 0 Å². The minimum atomic E-state index is -4.10. The van der Waals surface area contributed by atoms with E-state index in [1.54, 1.807) is 12.1 Å². The molecule has 2 aromatic carbocycles. The van der Waals surface area contributed by atoms with E-state index in [9.17, 15) is 23.3 Å². The molecule has 0 aromatic heterocycles. The van der Waals surface area contributed by atoms with Gasteiger partial charge in [0, 0.05) is 17.8 Å². The molecule has 0 saturated heterocycles. The highest BCUT2D eigenvalue weighted by molar-refractivity contribution is 7.92. The van der Waals surface area contributed by atoms with Gasteiger partial charge >= 0.3 is 0 Å². The predicted molar refractivity (Wildman–Crippen MR) is 95.2 cm³/mol. The standard InChI is InChI=1S/C17H17N3O5S/c21-17(18-13-9-10-13)11-12-5-7-14(8-6-12)19-26(24,25)16-4-2-1-3-15(16)20(22)23/h1-8,13,19H,9-11H2,(H,18,21). The number of nitro benzene ring substituents is 1. The van der Waals surface area contributed by atoms with E-state index in [1.165, 1.54) is 30.3 Å². The summed E-state index contributed by atoms with van der Waals surface area (Å²) in [6, 6.07) is 11.7. The van der Waals surface area contributed by atoms with Crippen molar-refractivity contribution in [2.45, 2.75) is 30.2 Å². The Morgan fingerprint density at radius 2 is 1.77 bits per heavy atom. The first-order valence-electron chi connectivity index (χ1n) is 8.00. The quantitative estimate of drug-likeness (QED) is 0.568. The minimum Gasteiger partial charge on any atom is -0.353 e. The van der Waals surface area contributed by atoms with E-state index in [0.717, 1.165) is 24.5 Å². The van der Waals surface area contributed by atoms with Crippen molar-refractivity contribution in [1.82, 2.24) is 5.32 Å². The number of carbonyl (C=O) groups is 1. The monoisotopic (exact) mass is 375 g/mol. The van der Waals surface area contributed by atoms with Gasteiger partial charge < -0.3 is 5.32 Å². The number of hydrogen-bond acceptors (Lipinski definition) is 5. The van der Waals surface area contributed by atoms with Crippen LogP contribution in [0.3, 0.4) is 0 Å². The highest BCUT2D eigenvalue weighted by atomic mass is 32.2. The molecule has 2 aromatic rings. The van der Waals surface area contributed by atoms with Crippen LogP contribution in [0.1, 0.15) is 18.4 Å². The van der Waals surface area contributed by atoms with Crippen LogP contribution in [0.25, 0.3) is 0 Å². The molecule has 0 atom stereocenters. The lowest BCUT2D eigenvalue weighted by molar-refractivity contribution is -0.387. The van der Waals surface area contributed by atoms with Crippen LogP contribution >= 0.6 is 0 Å². The van der Waals surface area contributed by atoms with E-state index in [1.807, 2.05) is 0 Å². The topological polar surface area (TPSA) is 118 Å². The lowest BCUT2D eigenvalue weighted by Crippen LogP contribution is -2.26. The van der Waals surface area contributed by atoms with E-state index in [-0.39, 0.29) is 24.1 Å². The van der Waals surface area contributed by atoms with E-state index in [2.05, 4.69) is 10.0 Å². The van der Waals surface area contributed by atoms with Crippen molar-refractivity contribution in [3.63, 3.8) is 0 Å². The Kier molecular flexibility index (Phi) is 4.90. The molecule has 1 aliphatic rings. The van der Waals surface area contributed by atoms with Crippen molar-refractivity contribution in [3.8, 4) is 0 Å². The van der Waals surface area contributed by atoms with Crippen LogP contribution in [0.2, 0.25) is 0 Å². The molecule has 1 amide bonds. The molecule has 1 aliphatic carbocycles. The second-order valence-corrected chi connectivity index (χ2v) is 7.70. The Balaban J connectivity index is 1.72. The number of nitro groups is 1. The van der Waals surface area contributed by atoms with Crippen LogP contribution in [-0.2, 0) is 21.2 Å². The molecule has 0 aliphatic heterocycles. The molecule has 0 radical (unpaired) electrons. The lowest BCUT2D eigenvalue weighted by atomic mass is 10.1. The number of rotatable bonds is 7. The molecule has 0 spiro atoms. The van der Waals surface area contributed by atoms with E-state index in [0.29, 0.717) is 0 Å². The number of carbonyl (C=O) groups excluding carboxylic acids is 1. The average Bonchev–Trinajstić information content (AvgIpc) is 3.40. The van der Waals surface area contributed by atoms with Gasteiger partial charge in [0.05, 0.1) is 11.3 Å². The molecule has 26 heavy (non-hydrogen) atoms. The molecule has 9 heteroatoms. The molecular formula is C17H17N3O5S. The van der Waals surface area contributed by atoms with Gasteiger partial charge in [0.25, 0.3) is 15.7 Å². The van der Waals surface area contributed by atoms with Crippen LogP contribution < -0.4 is 10.0 Å². The Hall–Kier alpha value is -2.94. The summed E-state index contributed by atoms with van der Waals surface area (Å²) in [6.45, 7) is 0. The summed E-state index contributed by atoms with van der Waals surface area (Å²) in [7, 11) is -4.10. The van der Waals surface area contributed by atoms with E-state index >= 15 is 0 Å². The molecule has 0 unspecified atom stereocenters. The third-order valence-corrected chi connectivity index (χ3v) is 5.29. The fourth-order valence-corrected chi connectivity index (χ4v) is 3.66. The predicted octanol–water partition coefficient (Wildman–Crippen LogP) is 2.22. The second-order valence-electron chi connectivity index (χ2n) is 6.05. The zero-order valence-corrected chi connectivity index (χ0v) is 14.5. The molecule has 0 heterocycles. The number of para-hydroxylation sites is 1. The molecule has 3 rings (SSSR count). The molecule has 1 fully saturated rings. The van der Waals surface area contributed by atoms with E-state index < -0.39 is 25.5 Å². The molecule has 0 bridgehead atoms. The van der Waals surface area contributed by atoms with Crippen LogP contribution in [-0.4, -0.2) is 25.3 Å². The number of nitrogens with zero attached hydrogens (tertiary/aromatic N) is 1. The maximum Gasteiger partial charge on any atom is 0.289 e. The maximum atomic E-state index is 12.4. The third kappa shape index (κ3) is 4.37. The van der Waals surface area contributed by atoms with Crippen molar-refractivity contribution >= 4 is 27.3 Å². The molecule has 136 valence electrons. The molecule has 8 nitrogen and oxygen atoms in total.